The Morgan fingerprint density at radius 2 is 1.42 bits per heavy atom. The van der Waals surface area contributed by atoms with Gasteiger partial charge in [0.05, 0.1) is 0 Å². The van der Waals surface area contributed by atoms with E-state index in [0.717, 1.165) is 17.5 Å². The lowest BCUT2D eigenvalue weighted by molar-refractivity contribution is -0.135. The van der Waals surface area contributed by atoms with Crippen LogP contribution in [0.25, 0.3) is 0 Å². The molecule has 1 aliphatic heterocycles. The zero-order chi connectivity index (χ0) is 13.3. The summed E-state index contributed by atoms with van der Waals surface area (Å²) in [5.74, 6) is 0.125. The van der Waals surface area contributed by atoms with Gasteiger partial charge in [-0.3, -0.25) is 0 Å². The highest BCUT2D eigenvalue weighted by molar-refractivity contribution is 5.37. The number of hydrogen-bond acceptors (Lipinski definition) is 2. The maximum atomic E-state index is 10.0. The summed E-state index contributed by atoms with van der Waals surface area (Å²) in [6, 6.07) is 20.3. The molecule has 0 aliphatic carbocycles. The monoisotopic (exact) mass is 254 g/mol. The van der Waals surface area contributed by atoms with Crippen LogP contribution in [0.5, 0.6) is 0 Å². The average molecular weight is 254 g/mol. The van der Waals surface area contributed by atoms with E-state index in [1.807, 2.05) is 43.3 Å². The summed E-state index contributed by atoms with van der Waals surface area (Å²) in [6.07, 6.45) is 0.0859. The zero-order valence-electron chi connectivity index (χ0n) is 11.0. The Morgan fingerprint density at radius 3 is 1.79 bits per heavy atom. The van der Waals surface area contributed by atoms with Gasteiger partial charge in [0.2, 0.25) is 0 Å². The van der Waals surface area contributed by atoms with E-state index in [1.165, 1.54) is 0 Å². The van der Waals surface area contributed by atoms with Gasteiger partial charge >= 0.3 is 0 Å². The summed E-state index contributed by atoms with van der Waals surface area (Å²) in [5, 5.41) is 10.0. The van der Waals surface area contributed by atoms with Gasteiger partial charge in [-0.15, -0.1) is 0 Å². The molecule has 19 heavy (non-hydrogen) atoms. The van der Waals surface area contributed by atoms with E-state index in [0.29, 0.717) is 0 Å². The fraction of sp³-hybridized carbons (Fsp3) is 0.294. The molecule has 3 rings (SSSR count). The largest absolute Gasteiger partial charge is 0.368 e. The van der Waals surface area contributed by atoms with E-state index in [1.54, 1.807) is 0 Å². The number of aliphatic hydroxyl groups is 1. The molecule has 98 valence electrons. The lowest BCUT2D eigenvalue weighted by atomic mass is 9.82. The first kappa shape index (κ1) is 12.4. The van der Waals surface area contributed by atoms with Crippen LogP contribution < -0.4 is 0 Å². The summed E-state index contributed by atoms with van der Waals surface area (Å²) < 4.78 is 5.99. The van der Waals surface area contributed by atoms with Gasteiger partial charge in [0.15, 0.2) is 6.29 Å². The molecule has 0 saturated carbocycles. The third-order valence-corrected chi connectivity index (χ3v) is 3.90. The molecular formula is C17H18O2. The Bertz CT molecular complexity index is 484. The predicted molar refractivity (Wildman–Crippen MR) is 74.5 cm³/mol. The quantitative estimate of drug-likeness (QED) is 0.891. The Balaban J connectivity index is 2.13. The third-order valence-electron chi connectivity index (χ3n) is 3.90. The molecule has 1 heterocycles. The molecule has 0 bridgehead atoms. The van der Waals surface area contributed by atoms with Crippen LogP contribution in [0.1, 0.15) is 24.5 Å². The highest BCUT2D eigenvalue weighted by Gasteiger charge is 2.46. The second-order valence-corrected chi connectivity index (χ2v) is 5.25. The van der Waals surface area contributed by atoms with Crippen LogP contribution in [0.2, 0.25) is 0 Å². The Morgan fingerprint density at radius 1 is 0.947 bits per heavy atom. The van der Waals surface area contributed by atoms with E-state index < -0.39 is 11.9 Å². The lowest BCUT2D eigenvalue weighted by Gasteiger charge is -2.30. The van der Waals surface area contributed by atoms with Gasteiger partial charge in [0.25, 0.3) is 0 Å². The van der Waals surface area contributed by atoms with Crippen molar-refractivity contribution in [2.75, 3.05) is 0 Å². The Labute approximate surface area is 113 Å². The summed E-state index contributed by atoms with van der Waals surface area (Å²) >= 11 is 0. The summed E-state index contributed by atoms with van der Waals surface area (Å²) in [7, 11) is 0. The van der Waals surface area contributed by atoms with Crippen LogP contribution in [0.15, 0.2) is 60.7 Å². The number of benzene rings is 2. The Kier molecular flexibility index (Phi) is 3.13. The van der Waals surface area contributed by atoms with Gasteiger partial charge in [-0.05, 0) is 17.5 Å². The maximum Gasteiger partial charge on any atom is 0.158 e. The predicted octanol–water partition coefficient (Wildman–Crippen LogP) is 3.31. The highest BCUT2D eigenvalue weighted by atomic mass is 16.6. The molecule has 1 N–H and O–H groups in total. The molecule has 2 unspecified atom stereocenters. The Hall–Kier alpha value is -1.64. The van der Waals surface area contributed by atoms with Gasteiger partial charge in [-0.25, -0.2) is 0 Å². The molecule has 0 amide bonds. The van der Waals surface area contributed by atoms with Crippen molar-refractivity contribution in [1.82, 2.24) is 0 Å². The topological polar surface area (TPSA) is 29.5 Å². The number of hydrogen-bond donors (Lipinski definition) is 1. The fourth-order valence-corrected chi connectivity index (χ4v) is 2.88. The molecule has 0 spiro atoms. The first-order valence-corrected chi connectivity index (χ1v) is 6.69. The fourth-order valence-electron chi connectivity index (χ4n) is 2.88. The van der Waals surface area contributed by atoms with Crippen LogP contribution in [-0.4, -0.2) is 11.4 Å². The lowest BCUT2D eigenvalue weighted by Crippen LogP contribution is -2.27. The molecule has 2 heteroatoms. The van der Waals surface area contributed by atoms with Gasteiger partial charge < -0.3 is 9.84 Å². The van der Waals surface area contributed by atoms with Crippen molar-refractivity contribution in [1.29, 1.82) is 0 Å². The van der Waals surface area contributed by atoms with Gasteiger partial charge in [-0.1, -0.05) is 67.6 Å². The van der Waals surface area contributed by atoms with Crippen molar-refractivity contribution in [2.24, 2.45) is 5.92 Å². The van der Waals surface area contributed by atoms with Crippen molar-refractivity contribution in [3.05, 3.63) is 71.8 Å². The molecular weight excluding hydrogens is 236 g/mol. The molecule has 1 saturated heterocycles. The van der Waals surface area contributed by atoms with E-state index in [-0.39, 0.29) is 5.92 Å². The van der Waals surface area contributed by atoms with Gasteiger partial charge in [-0.2, -0.15) is 0 Å². The highest BCUT2D eigenvalue weighted by Crippen LogP contribution is 2.46. The summed E-state index contributed by atoms with van der Waals surface area (Å²) in [4.78, 5) is 0. The van der Waals surface area contributed by atoms with E-state index in [2.05, 4.69) is 24.3 Å². The molecule has 1 aliphatic rings. The zero-order valence-corrected chi connectivity index (χ0v) is 11.0. The minimum absolute atomic E-state index is 0.125. The second kappa shape index (κ2) is 4.80. The summed E-state index contributed by atoms with van der Waals surface area (Å²) in [5.41, 5.74) is 1.68. The standard InChI is InChI=1S/C17H18O2/c1-13-12-17(19-16(13)18,14-8-4-2-5-9-14)15-10-6-3-7-11-15/h2-11,13,16,18H,12H2,1H3. The first-order valence-electron chi connectivity index (χ1n) is 6.69. The minimum Gasteiger partial charge on any atom is -0.368 e. The normalized spacial score (nSPS) is 25.4. The van der Waals surface area contributed by atoms with E-state index in [9.17, 15) is 5.11 Å². The summed E-state index contributed by atoms with van der Waals surface area (Å²) in [6.45, 7) is 2.03. The number of aliphatic hydroxyl groups excluding tert-OH is 1. The van der Waals surface area contributed by atoms with E-state index >= 15 is 0 Å². The van der Waals surface area contributed by atoms with Crippen LogP contribution in [0, 0.1) is 5.92 Å². The first-order chi connectivity index (χ1) is 9.22. The second-order valence-electron chi connectivity index (χ2n) is 5.25. The van der Waals surface area contributed by atoms with E-state index in [4.69, 9.17) is 4.74 Å². The maximum absolute atomic E-state index is 10.0. The smallest absolute Gasteiger partial charge is 0.158 e. The van der Waals surface area contributed by atoms with Crippen LogP contribution >= 0.6 is 0 Å². The molecule has 0 radical (unpaired) electrons. The molecule has 2 aromatic carbocycles. The molecule has 1 fully saturated rings. The van der Waals surface area contributed by atoms with Crippen molar-refractivity contribution in [2.45, 2.75) is 25.2 Å². The SMILES string of the molecule is CC1CC(c2ccccc2)(c2ccccc2)OC1O. The number of rotatable bonds is 2. The van der Waals surface area contributed by atoms with Crippen LogP contribution in [0.4, 0.5) is 0 Å². The van der Waals surface area contributed by atoms with Gasteiger partial charge in [0.1, 0.15) is 5.60 Å². The van der Waals surface area contributed by atoms with Gasteiger partial charge in [0, 0.05) is 5.92 Å². The average Bonchev–Trinajstić information content (AvgIpc) is 2.78. The van der Waals surface area contributed by atoms with Crippen molar-refractivity contribution in [3.8, 4) is 0 Å². The molecule has 0 aromatic heterocycles. The molecule has 2 nitrogen and oxygen atoms in total. The van der Waals surface area contributed by atoms with Crippen LogP contribution in [-0.2, 0) is 10.3 Å². The third kappa shape index (κ3) is 2.07. The van der Waals surface area contributed by atoms with Crippen molar-refractivity contribution >= 4 is 0 Å². The van der Waals surface area contributed by atoms with Crippen molar-refractivity contribution in [3.63, 3.8) is 0 Å². The minimum atomic E-state index is -0.708. The number of ether oxygens (including phenoxy) is 1. The molecule has 2 atom stereocenters. The molecule has 2 aromatic rings. The van der Waals surface area contributed by atoms with Crippen LogP contribution in [0.3, 0.4) is 0 Å². The van der Waals surface area contributed by atoms with Crippen molar-refractivity contribution < 1.29 is 9.84 Å².